The van der Waals surface area contributed by atoms with E-state index in [4.69, 9.17) is 11.6 Å². The summed E-state index contributed by atoms with van der Waals surface area (Å²) in [6.07, 6.45) is 0. The number of aromatic nitrogens is 1. The topological polar surface area (TPSA) is 62.0 Å². The molecule has 0 radical (unpaired) electrons. The number of carbonyl (C=O) groups excluding carboxylic acids is 1. The quantitative estimate of drug-likeness (QED) is 0.746. The van der Waals surface area contributed by atoms with Crippen LogP contribution in [0.25, 0.3) is 10.9 Å². The number of carbonyl (C=O) groups is 1. The number of amides is 1. The van der Waals surface area contributed by atoms with Gasteiger partial charge in [0.15, 0.2) is 0 Å². The minimum absolute atomic E-state index is 0.112. The molecule has 0 bridgehead atoms. The van der Waals surface area contributed by atoms with Crippen LogP contribution in [0.15, 0.2) is 59.4 Å². The van der Waals surface area contributed by atoms with Gasteiger partial charge in [0.2, 0.25) is 0 Å². The molecule has 0 spiro atoms. The first kappa shape index (κ1) is 17.2. The number of fused-ring (bicyclic) bond motifs is 1. The summed E-state index contributed by atoms with van der Waals surface area (Å²) in [4.78, 5) is 27.4. The van der Waals surface area contributed by atoms with Crippen molar-refractivity contribution in [2.24, 2.45) is 0 Å². The SMILES string of the molecule is CC(C)(CNC(=O)c1cc2ccccc2[nH]c1=O)c1cccc(Cl)c1. The molecule has 0 unspecified atom stereocenters. The molecule has 0 aliphatic rings. The van der Waals surface area contributed by atoms with Crippen molar-refractivity contribution in [3.8, 4) is 0 Å². The molecule has 4 nitrogen and oxygen atoms in total. The molecular weight excluding hydrogens is 336 g/mol. The first-order chi connectivity index (χ1) is 11.9. The normalized spacial score (nSPS) is 11.5. The Kier molecular flexibility index (Phi) is 4.64. The predicted octanol–water partition coefficient (Wildman–Crippen LogP) is 3.89. The Bertz CT molecular complexity index is 992. The summed E-state index contributed by atoms with van der Waals surface area (Å²) in [7, 11) is 0. The number of para-hydroxylation sites is 1. The van der Waals surface area contributed by atoms with Gasteiger partial charge in [0.1, 0.15) is 5.56 Å². The Balaban J connectivity index is 1.81. The van der Waals surface area contributed by atoms with Gasteiger partial charge in [-0.1, -0.05) is 55.8 Å². The van der Waals surface area contributed by atoms with Gasteiger partial charge in [0.05, 0.1) is 0 Å². The van der Waals surface area contributed by atoms with Gasteiger partial charge in [-0.2, -0.15) is 0 Å². The number of rotatable bonds is 4. The number of halogens is 1. The number of nitrogens with one attached hydrogen (secondary N) is 2. The van der Waals surface area contributed by atoms with Crippen LogP contribution in [0.2, 0.25) is 5.02 Å². The molecule has 1 aromatic heterocycles. The lowest BCUT2D eigenvalue weighted by molar-refractivity contribution is 0.0944. The van der Waals surface area contributed by atoms with E-state index in [1.165, 1.54) is 0 Å². The third-order valence-corrected chi connectivity index (χ3v) is 4.53. The van der Waals surface area contributed by atoms with E-state index < -0.39 is 5.56 Å². The fraction of sp³-hybridized carbons (Fsp3) is 0.200. The maximum atomic E-state index is 12.5. The molecule has 1 heterocycles. The zero-order valence-electron chi connectivity index (χ0n) is 14.1. The smallest absolute Gasteiger partial charge is 0.261 e. The molecule has 25 heavy (non-hydrogen) atoms. The number of pyridine rings is 1. The van der Waals surface area contributed by atoms with Gasteiger partial charge in [-0.15, -0.1) is 0 Å². The highest BCUT2D eigenvalue weighted by Crippen LogP contribution is 2.25. The van der Waals surface area contributed by atoms with Crippen LogP contribution in [0.3, 0.4) is 0 Å². The van der Waals surface area contributed by atoms with Gasteiger partial charge in [-0.05, 0) is 35.2 Å². The number of benzene rings is 2. The highest BCUT2D eigenvalue weighted by molar-refractivity contribution is 6.30. The second-order valence-electron chi connectivity index (χ2n) is 6.68. The maximum Gasteiger partial charge on any atom is 0.261 e. The average molecular weight is 355 g/mol. The van der Waals surface area contributed by atoms with E-state index >= 15 is 0 Å². The molecular formula is C20H19ClN2O2. The molecule has 0 aliphatic carbocycles. The van der Waals surface area contributed by atoms with Crippen molar-refractivity contribution in [3.05, 3.63) is 81.1 Å². The highest BCUT2D eigenvalue weighted by atomic mass is 35.5. The molecule has 2 aromatic carbocycles. The lowest BCUT2D eigenvalue weighted by Gasteiger charge is -2.25. The number of aromatic amines is 1. The Morgan fingerprint density at radius 2 is 1.88 bits per heavy atom. The zero-order chi connectivity index (χ0) is 18.0. The molecule has 0 atom stereocenters. The lowest BCUT2D eigenvalue weighted by atomic mass is 9.84. The van der Waals surface area contributed by atoms with Gasteiger partial charge in [0, 0.05) is 22.5 Å². The van der Waals surface area contributed by atoms with Crippen molar-refractivity contribution in [3.63, 3.8) is 0 Å². The van der Waals surface area contributed by atoms with Crippen LogP contribution in [0.5, 0.6) is 0 Å². The Hall–Kier alpha value is -2.59. The largest absolute Gasteiger partial charge is 0.351 e. The Morgan fingerprint density at radius 3 is 2.64 bits per heavy atom. The third kappa shape index (κ3) is 3.74. The first-order valence-electron chi connectivity index (χ1n) is 8.03. The summed E-state index contributed by atoms with van der Waals surface area (Å²) in [6.45, 7) is 4.42. The Morgan fingerprint density at radius 1 is 1.12 bits per heavy atom. The fourth-order valence-corrected chi connectivity index (χ4v) is 2.91. The minimum Gasteiger partial charge on any atom is -0.351 e. The number of H-pyrrole nitrogens is 1. The molecule has 5 heteroatoms. The molecule has 2 N–H and O–H groups in total. The van der Waals surface area contributed by atoms with E-state index in [1.54, 1.807) is 12.1 Å². The second-order valence-corrected chi connectivity index (χ2v) is 7.11. The maximum absolute atomic E-state index is 12.5. The standard InChI is InChI=1S/C20H19ClN2O2/c1-20(2,14-7-5-8-15(21)11-14)12-22-18(24)16-10-13-6-3-4-9-17(13)23-19(16)25/h3-11H,12H2,1-2H3,(H,22,24)(H,23,25). The van der Waals surface area contributed by atoms with E-state index in [0.29, 0.717) is 17.1 Å². The van der Waals surface area contributed by atoms with Crippen LogP contribution in [0, 0.1) is 0 Å². The van der Waals surface area contributed by atoms with Crippen LogP contribution in [0.4, 0.5) is 0 Å². The van der Waals surface area contributed by atoms with Crippen molar-refractivity contribution in [1.82, 2.24) is 10.3 Å². The summed E-state index contributed by atoms with van der Waals surface area (Å²) < 4.78 is 0. The highest BCUT2D eigenvalue weighted by Gasteiger charge is 2.22. The Labute approximate surface area is 150 Å². The van der Waals surface area contributed by atoms with E-state index in [2.05, 4.69) is 10.3 Å². The summed E-state index contributed by atoms with van der Waals surface area (Å²) in [5.74, 6) is -0.387. The van der Waals surface area contributed by atoms with Crippen LogP contribution >= 0.6 is 11.6 Å². The van der Waals surface area contributed by atoms with Gasteiger partial charge in [-0.25, -0.2) is 0 Å². The van der Waals surface area contributed by atoms with Crippen molar-refractivity contribution in [2.45, 2.75) is 19.3 Å². The monoisotopic (exact) mass is 354 g/mol. The third-order valence-electron chi connectivity index (χ3n) is 4.30. The lowest BCUT2D eigenvalue weighted by Crippen LogP contribution is -2.38. The summed E-state index contributed by atoms with van der Waals surface area (Å²) in [6, 6.07) is 16.5. The van der Waals surface area contributed by atoms with Crippen molar-refractivity contribution < 1.29 is 4.79 Å². The molecule has 0 saturated carbocycles. The van der Waals surface area contributed by atoms with E-state index in [-0.39, 0.29) is 16.9 Å². The van der Waals surface area contributed by atoms with Crippen molar-refractivity contribution in [2.75, 3.05) is 6.54 Å². The van der Waals surface area contributed by atoms with Crippen LogP contribution in [-0.2, 0) is 5.41 Å². The summed E-state index contributed by atoms with van der Waals surface area (Å²) in [5.41, 5.74) is 1.14. The van der Waals surface area contributed by atoms with Crippen LogP contribution in [0.1, 0.15) is 29.8 Å². The van der Waals surface area contributed by atoms with Gasteiger partial charge in [0.25, 0.3) is 11.5 Å². The fourth-order valence-electron chi connectivity index (χ4n) is 2.72. The molecule has 3 rings (SSSR count). The van der Waals surface area contributed by atoms with Gasteiger partial charge in [-0.3, -0.25) is 9.59 Å². The summed E-state index contributed by atoms with van der Waals surface area (Å²) >= 11 is 6.05. The molecule has 0 saturated heterocycles. The predicted molar refractivity (Wildman–Crippen MR) is 101 cm³/mol. The zero-order valence-corrected chi connectivity index (χ0v) is 14.9. The second kappa shape index (κ2) is 6.73. The number of hydrogen-bond acceptors (Lipinski definition) is 2. The van der Waals surface area contributed by atoms with E-state index in [0.717, 1.165) is 10.9 Å². The molecule has 0 aliphatic heterocycles. The first-order valence-corrected chi connectivity index (χ1v) is 8.41. The average Bonchev–Trinajstić information content (AvgIpc) is 2.59. The van der Waals surface area contributed by atoms with Crippen LogP contribution < -0.4 is 10.9 Å². The van der Waals surface area contributed by atoms with Crippen LogP contribution in [-0.4, -0.2) is 17.4 Å². The molecule has 1 amide bonds. The van der Waals surface area contributed by atoms with Gasteiger partial charge < -0.3 is 10.3 Å². The van der Waals surface area contributed by atoms with Gasteiger partial charge >= 0.3 is 0 Å². The molecule has 128 valence electrons. The molecule has 0 fully saturated rings. The van der Waals surface area contributed by atoms with E-state index in [1.807, 2.05) is 56.3 Å². The minimum atomic E-state index is -0.392. The summed E-state index contributed by atoms with van der Waals surface area (Å²) in [5, 5.41) is 4.34. The van der Waals surface area contributed by atoms with E-state index in [9.17, 15) is 9.59 Å². The van der Waals surface area contributed by atoms with Crippen molar-refractivity contribution >= 4 is 28.4 Å². The molecule has 3 aromatic rings. The number of hydrogen-bond donors (Lipinski definition) is 2. The van der Waals surface area contributed by atoms with Crippen molar-refractivity contribution in [1.29, 1.82) is 0 Å².